The molecule has 0 spiro atoms. The summed E-state index contributed by atoms with van der Waals surface area (Å²) in [6.07, 6.45) is 3.91. The zero-order valence-electron chi connectivity index (χ0n) is 7.23. The predicted molar refractivity (Wildman–Crippen MR) is 44.5 cm³/mol. The van der Waals surface area contributed by atoms with Crippen molar-refractivity contribution in [2.75, 3.05) is 13.2 Å². The molecule has 2 heterocycles. The monoisotopic (exact) mass is 181 g/mol. The smallest absolute Gasteiger partial charge is 0.195 e. The molecule has 4 heteroatoms. The number of carbonyl (C=O) groups is 1. The van der Waals surface area contributed by atoms with E-state index in [1.54, 1.807) is 0 Å². The van der Waals surface area contributed by atoms with Gasteiger partial charge in [0, 0.05) is 19.6 Å². The van der Waals surface area contributed by atoms with Gasteiger partial charge in [0.1, 0.15) is 12.0 Å². The fourth-order valence-corrected chi connectivity index (χ4v) is 1.46. The number of hydrogen-bond acceptors (Lipinski definition) is 4. The Hall–Kier alpha value is -1.16. The highest BCUT2D eigenvalue weighted by molar-refractivity contribution is 5.70. The van der Waals surface area contributed by atoms with Crippen LogP contribution in [0.3, 0.4) is 0 Å². The maximum atomic E-state index is 10.3. The second-order valence-corrected chi connectivity index (χ2v) is 3.22. The molecule has 1 fully saturated rings. The normalized spacial score (nSPS) is 22.0. The average Bonchev–Trinajstić information content (AvgIpc) is 2.76. The van der Waals surface area contributed by atoms with Gasteiger partial charge in [0.05, 0.1) is 0 Å². The number of ether oxygens (including phenoxy) is 1. The lowest BCUT2D eigenvalue weighted by Crippen LogP contribution is -2.03. The third-order valence-corrected chi connectivity index (χ3v) is 2.18. The Labute approximate surface area is 75.9 Å². The van der Waals surface area contributed by atoms with Crippen LogP contribution in [0.2, 0.25) is 0 Å². The minimum atomic E-state index is 0.369. The molecule has 0 aromatic carbocycles. The van der Waals surface area contributed by atoms with Crippen LogP contribution in [-0.2, 0) is 11.2 Å². The molecule has 0 amide bonds. The largest absolute Gasteiger partial charge is 0.448 e. The fourth-order valence-electron chi connectivity index (χ4n) is 1.46. The van der Waals surface area contributed by atoms with Crippen molar-refractivity contribution in [3.8, 4) is 0 Å². The Morgan fingerprint density at radius 1 is 1.69 bits per heavy atom. The van der Waals surface area contributed by atoms with Crippen LogP contribution < -0.4 is 0 Å². The van der Waals surface area contributed by atoms with E-state index in [9.17, 15) is 4.79 Å². The summed E-state index contributed by atoms with van der Waals surface area (Å²) in [5.74, 6) is 1.13. The number of oxazole rings is 1. The number of aldehydes is 1. The molecular weight excluding hydrogens is 170 g/mol. The van der Waals surface area contributed by atoms with Crippen molar-refractivity contribution in [3.63, 3.8) is 0 Å². The number of aromatic nitrogens is 1. The molecule has 1 saturated heterocycles. The molecule has 4 nitrogen and oxygen atoms in total. The Bertz CT molecular complexity index is 289. The van der Waals surface area contributed by atoms with Gasteiger partial charge in [-0.15, -0.1) is 0 Å². The van der Waals surface area contributed by atoms with Gasteiger partial charge in [-0.1, -0.05) is 0 Å². The Balaban J connectivity index is 1.96. The van der Waals surface area contributed by atoms with Crippen LogP contribution in [0, 0.1) is 5.92 Å². The highest BCUT2D eigenvalue weighted by atomic mass is 16.5. The highest BCUT2D eigenvalue weighted by Gasteiger charge is 2.18. The first kappa shape index (κ1) is 8.44. The van der Waals surface area contributed by atoms with E-state index in [4.69, 9.17) is 9.15 Å². The fraction of sp³-hybridized carbons (Fsp3) is 0.556. The van der Waals surface area contributed by atoms with Gasteiger partial charge in [0.25, 0.3) is 0 Å². The number of hydrogen-bond donors (Lipinski definition) is 0. The van der Waals surface area contributed by atoms with Crippen molar-refractivity contribution in [2.45, 2.75) is 12.8 Å². The molecule has 1 aromatic heterocycles. The zero-order valence-corrected chi connectivity index (χ0v) is 7.23. The van der Waals surface area contributed by atoms with Gasteiger partial charge in [-0.2, -0.15) is 0 Å². The Morgan fingerprint density at radius 2 is 2.62 bits per heavy atom. The summed E-state index contributed by atoms with van der Waals surface area (Å²) in [5, 5.41) is 0. The third-order valence-electron chi connectivity index (χ3n) is 2.18. The lowest BCUT2D eigenvalue weighted by Gasteiger charge is -2.01. The van der Waals surface area contributed by atoms with Gasteiger partial charge in [0.15, 0.2) is 12.2 Å². The molecule has 70 valence electrons. The minimum absolute atomic E-state index is 0.369. The molecule has 1 aromatic rings. The molecule has 0 N–H and O–H groups in total. The maximum Gasteiger partial charge on any atom is 0.195 e. The van der Waals surface area contributed by atoms with Crippen LogP contribution >= 0.6 is 0 Å². The maximum absolute atomic E-state index is 10.3. The van der Waals surface area contributed by atoms with Gasteiger partial charge in [-0.05, 0) is 12.3 Å². The molecule has 0 aliphatic carbocycles. The van der Waals surface area contributed by atoms with Crippen molar-refractivity contribution < 1.29 is 13.9 Å². The van der Waals surface area contributed by atoms with Crippen LogP contribution in [0.4, 0.5) is 0 Å². The molecular formula is C9H11NO3. The SMILES string of the molecule is O=Cc1coc(CC2CCOC2)n1. The van der Waals surface area contributed by atoms with Crippen LogP contribution in [0.1, 0.15) is 22.8 Å². The summed E-state index contributed by atoms with van der Waals surface area (Å²) in [5.41, 5.74) is 0.369. The molecule has 1 atom stereocenters. The van der Waals surface area contributed by atoms with E-state index in [0.717, 1.165) is 26.1 Å². The van der Waals surface area contributed by atoms with Crippen molar-refractivity contribution >= 4 is 6.29 Å². The third kappa shape index (κ3) is 1.95. The topological polar surface area (TPSA) is 52.3 Å². The summed E-state index contributed by atoms with van der Waals surface area (Å²) < 4.78 is 10.3. The number of carbonyl (C=O) groups excluding carboxylic acids is 1. The van der Waals surface area contributed by atoms with E-state index in [1.165, 1.54) is 6.26 Å². The molecule has 2 rings (SSSR count). The number of nitrogens with zero attached hydrogens (tertiary/aromatic N) is 1. The summed E-state index contributed by atoms with van der Waals surface area (Å²) in [4.78, 5) is 14.3. The van der Waals surface area contributed by atoms with Crippen molar-refractivity contribution in [1.82, 2.24) is 4.98 Å². The van der Waals surface area contributed by atoms with E-state index in [1.807, 2.05) is 0 Å². The summed E-state index contributed by atoms with van der Waals surface area (Å²) in [7, 11) is 0. The molecule has 1 unspecified atom stereocenters. The molecule has 0 saturated carbocycles. The highest BCUT2D eigenvalue weighted by Crippen LogP contribution is 2.17. The van der Waals surface area contributed by atoms with E-state index < -0.39 is 0 Å². The molecule has 13 heavy (non-hydrogen) atoms. The lowest BCUT2D eigenvalue weighted by molar-refractivity contribution is 0.111. The second-order valence-electron chi connectivity index (χ2n) is 3.22. The van der Waals surface area contributed by atoms with Gasteiger partial charge < -0.3 is 9.15 Å². The summed E-state index contributed by atoms with van der Waals surface area (Å²) in [6, 6.07) is 0. The lowest BCUT2D eigenvalue weighted by atomic mass is 10.1. The first-order valence-corrected chi connectivity index (χ1v) is 4.36. The van der Waals surface area contributed by atoms with Gasteiger partial charge in [0.2, 0.25) is 0 Å². The van der Waals surface area contributed by atoms with Crippen LogP contribution in [0.5, 0.6) is 0 Å². The Morgan fingerprint density at radius 3 is 3.23 bits per heavy atom. The molecule has 0 bridgehead atoms. The van der Waals surface area contributed by atoms with E-state index >= 15 is 0 Å². The Kier molecular flexibility index (Phi) is 2.40. The van der Waals surface area contributed by atoms with Crippen LogP contribution in [0.25, 0.3) is 0 Å². The minimum Gasteiger partial charge on any atom is -0.448 e. The molecule has 0 radical (unpaired) electrons. The van der Waals surface area contributed by atoms with Gasteiger partial charge >= 0.3 is 0 Å². The van der Waals surface area contributed by atoms with Crippen molar-refractivity contribution in [1.29, 1.82) is 0 Å². The number of rotatable bonds is 3. The average molecular weight is 181 g/mol. The second kappa shape index (κ2) is 3.70. The quantitative estimate of drug-likeness (QED) is 0.654. The van der Waals surface area contributed by atoms with Crippen molar-refractivity contribution in [2.24, 2.45) is 5.92 Å². The summed E-state index contributed by atoms with van der Waals surface area (Å²) in [6.45, 7) is 1.60. The molecule has 1 aliphatic heterocycles. The first-order valence-electron chi connectivity index (χ1n) is 4.36. The first-order chi connectivity index (χ1) is 6.38. The zero-order chi connectivity index (χ0) is 9.10. The van der Waals surface area contributed by atoms with E-state index in [2.05, 4.69) is 4.98 Å². The van der Waals surface area contributed by atoms with Crippen LogP contribution in [0.15, 0.2) is 10.7 Å². The predicted octanol–water partition coefficient (Wildman–Crippen LogP) is 1.07. The van der Waals surface area contributed by atoms with E-state index in [0.29, 0.717) is 23.8 Å². The standard InChI is InChI=1S/C9H11NO3/c11-4-8-6-13-9(10-8)3-7-1-2-12-5-7/h4,6-7H,1-3,5H2. The van der Waals surface area contributed by atoms with Crippen LogP contribution in [-0.4, -0.2) is 24.5 Å². The van der Waals surface area contributed by atoms with Gasteiger partial charge in [-0.3, -0.25) is 4.79 Å². The van der Waals surface area contributed by atoms with E-state index in [-0.39, 0.29) is 0 Å². The van der Waals surface area contributed by atoms with Gasteiger partial charge in [-0.25, -0.2) is 4.98 Å². The molecule has 1 aliphatic rings. The van der Waals surface area contributed by atoms with Crippen molar-refractivity contribution in [3.05, 3.63) is 17.8 Å². The summed E-state index contributed by atoms with van der Waals surface area (Å²) >= 11 is 0.